The summed E-state index contributed by atoms with van der Waals surface area (Å²) in [4.78, 5) is 29.7. The lowest BCUT2D eigenvalue weighted by Crippen LogP contribution is -2.34. The average Bonchev–Trinajstić information content (AvgIpc) is 2.75. The van der Waals surface area contributed by atoms with E-state index in [1.165, 1.54) is 7.11 Å². The van der Waals surface area contributed by atoms with Gasteiger partial charge in [-0.25, -0.2) is 0 Å². The van der Waals surface area contributed by atoms with E-state index in [1.54, 1.807) is 31.1 Å². The van der Waals surface area contributed by atoms with Crippen LogP contribution in [0.2, 0.25) is 0 Å². The van der Waals surface area contributed by atoms with Crippen molar-refractivity contribution >= 4 is 24.2 Å². The SMILES string of the molecule is CC.CCCc1cncc(C(C)(CCCC(C)(C)CSCCO)C(=O)O)n1.COC=O. The molecule has 8 heteroatoms. The number of carboxylic acids is 1. The normalized spacial score (nSPS) is 12.4. The topological polar surface area (TPSA) is 110 Å². The first kappa shape index (κ1) is 31.5. The van der Waals surface area contributed by atoms with Gasteiger partial charge in [0.25, 0.3) is 6.47 Å². The van der Waals surface area contributed by atoms with Gasteiger partial charge in [-0.2, -0.15) is 11.8 Å². The molecule has 0 spiro atoms. The maximum atomic E-state index is 12.0. The van der Waals surface area contributed by atoms with E-state index in [2.05, 4.69) is 35.5 Å². The number of hydrogen-bond acceptors (Lipinski definition) is 7. The van der Waals surface area contributed by atoms with Crippen LogP contribution in [0.1, 0.15) is 78.6 Å². The van der Waals surface area contributed by atoms with Crippen LogP contribution in [-0.2, 0) is 26.2 Å². The van der Waals surface area contributed by atoms with Gasteiger partial charge in [0.2, 0.25) is 0 Å². The van der Waals surface area contributed by atoms with E-state index >= 15 is 0 Å². The van der Waals surface area contributed by atoms with Gasteiger partial charge < -0.3 is 14.9 Å². The monoisotopic (exact) mass is 458 g/mol. The van der Waals surface area contributed by atoms with Crippen molar-refractivity contribution in [3.05, 3.63) is 23.8 Å². The number of nitrogens with zero attached hydrogens (tertiary/aromatic N) is 2. The molecule has 0 aliphatic heterocycles. The number of carboxylic acid groups (broad SMARTS) is 1. The highest BCUT2D eigenvalue weighted by atomic mass is 32.2. The van der Waals surface area contributed by atoms with Gasteiger partial charge in [-0.3, -0.25) is 19.6 Å². The van der Waals surface area contributed by atoms with Crippen LogP contribution in [0.4, 0.5) is 0 Å². The summed E-state index contributed by atoms with van der Waals surface area (Å²) in [6.07, 6.45) is 7.38. The summed E-state index contributed by atoms with van der Waals surface area (Å²) >= 11 is 1.74. The molecule has 1 unspecified atom stereocenters. The summed E-state index contributed by atoms with van der Waals surface area (Å²) in [6, 6.07) is 0. The predicted octanol–water partition coefficient (Wildman–Crippen LogP) is 4.51. The fourth-order valence-corrected chi connectivity index (χ4v) is 3.77. The molecule has 0 aromatic carbocycles. The number of carbonyl (C=O) groups excluding carboxylic acids is 1. The van der Waals surface area contributed by atoms with Crippen molar-refractivity contribution in [1.29, 1.82) is 0 Å². The highest BCUT2D eigenvalue weighted by molar-refractivity contribution is 7.99. The number of methoxy groups -OCH3 is 1. The lowest BCUT2D eigenvalue weighted by Gasteiger charge is -2.28. The summed E-state index contributed by atoms with van der Waals surface area (Å²) in [7, 11) is 1.31. The number of aromatic nitrogens is 2. The minimum atomic E-state index is -1.01. The Hall–Kier alpha value is -1.67. The zero-order valence-electron chi connectivity index (χ0n) is 20.3. The van der Waals surface area contributed by atoms with Gasteiger partial charge in [0, 0.05) is 18.1 Å². The van der Waals surface area contributed by atoms with Gasteiger partial charge in [-0.05, 0) is 37.4 Å². The molecule has 7 nitrogen and oxygen atoms in total. The molecular weight excluding hydrogens is 416 g/mol. The second-order valence-corrected chi connectivity index (χ2v) is 9.01. The number of thioether (sulfide) groups is 1. The second kappa shape index (κ2) is 18.0. The highest BCUT2D eigenvalue weighted by Crippen LogP contribution is 2.33. The van der Waals surface area contributed by atoms with Gasteiger partial charge in [0.1, 0.15) is 5.41 Å². The molecule has 1 aromatic rings. The number of carbonyl (C=O) groups is 2. The molecule has 1 rings (SSSR count). The van der Waals surface area contributed by atoms with Crippen molar-refractivity contribution in [2.45, 2.75) is 79.1 Å². The zero-order chi connectivity index (χ0) is 24.3. The maximum Gasteiger partial charge on any atom is 0.315 e. The van der Waals surface area contributed by atoms with Crippen LogP contribution >= 0.6 is 11.8 Å². The number of aliphatic carboxylic acids is 1. The second-order valence-electron chi connectivity index (χ2n) is 7.91. The van der Waals surface area contributed by atoms with Gasteiger partial charge in [-0.1, -0.05) is 47.5 Å². The van der Waals surface area contributed by atoms with Crippen LogP contribution in [0.25, 0.3) is 0 Å². The van der Waals surface area contributed by atoms with E-state index in [0.717, 1.165) is 42.9 Å². The molecule has 0 radical (unpaired) electrons. The van der Waals surface area contributed by atoms with Crippen LogP contribution in [0.15, 0.2) is 12.4 Å². The zero-order valence-corrected chi connectivity index (χ0v) is 21.1. The van der Waals surface area contributed by atoms with Crippen LogP contribution in [0, 0.1) is 5.41 Å². The quantitative estimate of drug-likeness (QED) is 0.328. The molecule has 1 heterocycles. The number of rotatable bonds is 13. The molecule has 1 aromatic heterocycles. The van der Waals surface area contributed by atoms with Crippen molar-refractivity contribution in [2.24, 2.45) is 5.41 Å². The molecule has 180 valence electrons. The molecule has 0 fully saturated rings. The molecule has 31 heavy (non-hydrogen) atoms. The summed E-state index contributed by atoms with van der Waals surface area (Å²) in [6.45, 7) is 12.8. The number of aliphatic hydroxyl groups excluding tert-OH is 1. The van der Waals surface area contributed by atoms with Crippen LogP contribution in [0.3, 0.4) is 0 Å². The Morgan fingerprint density at radius 2 is 1.84 bits per heavy atom. The van der Waals surface area contributed by atoms with Gasteiger partial charge in [-0.15, -0.1) is 0 Å². The van der Waals surface area contributed by atoms with E-state index < -0.39 is 11.4 Å². The molecule has 0 saturated carbocycles. The van der Waals surface area contributed by atoms with Gasteiger partial charge in [0.15, 0.2) is 0 Å². The Kier molecular flexibility index (Phi) is 18.3. The first-order chi connectivity index (χ1) is 14.7. The molecular formula is C23H42N2O5S. The highest BCUT2D eigenvalue weighted by Gasteiger charge is 2.37. The van der Waals surface area contributed by atoms with Crippen molar-refractivity contribution < 1.29 is 24.5 Å². The van der Waals surface area contributed by atoms with Crippen molar-refractivity contribution in [2.75, 3.05) is 25.2 Å². The smallest absolute Gasteiger partial charge is 0.315 e. The van der Waals surface area contributed by atoms with Crippen molar-refractivity contribution in [3.63, 3.8) is 0 Å². The summed E-state index contributed by atoms with van der Waals surface area (Å²) in [5.74, 6) is 0.863. The van der Waals surface area contributed by atoms with Gasteiger partial charge in [0.05, 0.1) is 25.1 Å². The van der Waals surface area contributed by atoms with Crippen LogP contribution in [-0.4, -0.2) is 57.8 Å². The van der Waals surface area contributed by atoms with Gasteiger partial charge >= 0.3 is 5.97 Å². The van der Waals surface area contributed by atoms with E-state index in [4.69, 9.17) is 9.90 Å². The third-order valence-electron chi connectivity index (χ3n) is 4.58. The number of hydrogen-bond donors (Lipinski definition) is 2. The third kappa shape index (κ3) is 13.4. The molecule has 0 amide bonds. The summed E-state index contributed by atoms with van der Waals surface area (Å²) < 4.78 is 3.86. The fourth-order valence-electron chi connectivity index (χ4n) is 2.80. The fraction of sp³-hybridized carbons (Fsp3) is 0.739. The number of aliphatic hydroxyl groups is 1. The van der Waals surface area contributed by atoms with Crippen LogP contribution in [0.5, 0.6) is 0 Å². The summed E-state index contributed by atoms with van der Waals surface area (Å²) in [5, 5.41) is 18.7. The largest absolute Gasteiger partial charge is 0.481 e. The molecule has 0 saturated heterocycles. The Morgan fingerprint density at radius 1 is 1.23 bits per heavy atom. The molecule has 0 bridgehead atoms. The minimum absolute atomic E-state index is 0.120. The first-order valence-electron chi connectivity index (χ1n) is 10.9. The predicted molar refractivity (Wildman–Crippen MR) is 127 cm³/mol. The van der Waals surface area contributed by atoms with E-state index in [1.807, 2.05) is 13.8 Å². The lowest BCUT2D eigenvalue weighted by molar-refractivity contribution is -0.143. The van der Waals surface area contributed by atoms with E-state index in [-0.39, 0.29) is 12.0 Å². The maximum absolute atomic E-state index is 12.0. The summed E-state index contributed by atoms with van der Waals surface area (Å²) in [5.41, 5.74) is 0.520. The first-order valence-corrected chi connectivity index (χ1v) is 12.0. The third-order valence-corrected chi connectivity index (χ3v) is 6.04. The van der Waals surface area contributed by atoms with Crippen molar-refractivity contribution in [1.82, 2.24) is 9.97 Å². The van der Waals surface area contributed by atoms with Crippen LogP contribution < -0.4 is 0 Å². The Balaban J connectivity index is 0. The Bertz CT molecular complexity index is 613. The molecule has 2 N–H and O–H groups in total. The Labute approximate surface area is 192 Å². The lowest BCUT2D eigenvalue weighted by atomic mass is 9.79. The van der Waals surface area contributed by atoms with E-state index in [0.29, 0.717) is 18.6 Å². The average molecular weight is 459 g/mol. The Morgan fingerprint density at radius 3 is 2.32 bits per heavy atom. The molecule has 0 aliphatic carbocycles. The molecule has 0 aliphatic rings. The standard InChI is InChI=1S/C19H32N2O3S.C2H4O2.C2H6/c1-5-7-15-12-20-13-16(21-15)19(4,17(23)24)9-6-8-18(2,3)14-25-11-10-22;1-4-2-3;1-2/h12-13,22H,5-11,14H2,1-4H3,(H,23,24);2H,1H3;1-2H3. The number of aryl methyl sites for hydroxylation is 1. The number of ether oxygens (including phenoxy) is 1. The molecule has 1 atom stereocenters. The van der Waals surface area contributed by atoms with E-state index in [9.17, 15) is 9.90 Å². The van der Waals surface area contributed by atoms with Crippen molar-refractivity contribution in [3.8, 4) is 0 Å². The minimum Gasteiger partial charge on any atom is -0.481 e.